The van der Waals surface area contributed by atoms with E-state index >= 15 is 0 Å². The van der Waals surface area contributed by atoms with Crippen molar-refractivity contribution in [2.75, 3.05) is 13.2 Å². The second-order valence-corrected chi connectivity index (χ2v) is 17.8. The number of rotatable bonds is 48. The van der Waals surface area contributed by atoms with Crippen molar-refractivity contribution in [3.8, 4) is 0 Å². The molecule has 0 rings (SSSR count). The highest BCUT2D eigenvalue weighted by molar-refractivity contribution is 5.71. The molecular weight excluding hydrogens is 829 g/mol. The van der Waals surface area contributed by atoms with Crippen molar-refractivity contribution in [3.63, 3.8) is 0 Å². The standard InChI is InChI=1S/C61H100O6/c1-4-7-10-13-16-19-22-25-27-29-30-32-33-36-39-42-45-48-51-54-60(63)66-57-58(56-65-59(62)53-50-47-44-41-38-35-24-21-18-15-12-9-6-3)67-61(64)55-52-49-46-43-40-37-34-31-28-26-23-20-17-14-11-8-5-2/h8,11,16-17,19-20,25-28,30,32,34,36-37,39,43,46,58H,4-7,9-10,12-15,18,21-24,29,31,33,35,38,40-42,44-45,47-57H2,1-3H3/b11-8-,19-16-,20-17-,27-25-,28-26-,32-30-,37-34-,39-36-,46-43-/t58-/m1/s1. The lowest BCUT2D eigenvalue weighted by atomic mass is 10.0. The first-order valence-electron chi connectivity index (χ1n) is 27.4. The predicted octanol–water partition coefficient (Wildman–Crippen LogP) is 18.3. The van der Waals surface area contributed by atoms with Crippen molar-refractivity contribution in [1.82, 2.24) is 0 Å². The summed E-state index contributed by atoms with van der Waals surface area (Å²) < 4.78 is 16.8. The zero-order chi connectivity index (χ0) is 48.6. The molecule has 0 heterocycles. The van der Waals surface area contributed by atoms with Gasteiger partial charge in [-0.25, -0.2) is 0 Å². The fourth-order valence-corrected chi connectivity index (χ4v) is 7.17. The SMILES string of the molecule is CC/C=C\C/C=C\C/C=C\C/C=C\C/C=C\CCCC(=O)O[C@@H](COC(=O)CCCCC/C=C\C/C=C\C/C=C\C/C=C\CCCCC)COC(=O)CCCCCCCCCCCCCCC. The Morgan fingerprint density at radius 1 is 0.313 bits per heavy atom. The van der Waals surface area contributed by atoms with Gasteiger partial charge in [-0.3, -0.25) is 14.4 Å². The first kappa shape index (κ1) is 63.1. The zero-order valence-corrected chi connectivity index (χ0v) is 43.4. The highest BCUT2D eigenvalue weighted by Gasteiger charge is 2.19. The Kier molecular flexibility index (Phi) is 51.5. The van der Waals surface area contributed by atoms with Crippen LogP contribution in [0, 0.1) is 0 Å². The summed E-state index contributed by atoms with van der Waals surface area (Å²) >= 11 is 0. The summed E-state index contributed by atoms with van der Waals surface area (Å²) in [4.78, 5) is 38.0. The predicted molar refractivity (Wildman–Crippen MR) is 288 cm³/mol. The van der Waals surface area contributed by atoms with Crippen LogP contribution in [-0.4, -0.2) is 37.2 Å². The quantitative estimate of drug-likeness (QED) is 0.0262. The van der Waals surface area contributed by atoms with Crippen LogP contribution in [0.1, 0.15) is 239 Å². The van der Waals surface area contributed by atoms with E-state index in [0.717, 1.165) is 103 Å². The highest BCUT2D eigenvalue weighted by atomic mass is 16.6. The van der Waals surface area contributed by atoms with Crippen LogP contribution in [0.25, 0.3) is 0 Å². The number of hydrogen-bond acceptors (Lipinski definition) is 6. The summed E-state index contributed by atoms with van der Waals surface area (Å²) in [6.45, 7) is 6.42. The van der Waals surface area contributed by atoms with Gasteiger partial charge in [0, 0.05) is 19.3 Å². The molecule has 0 amide bonds. The van der Waals surface area contributed by atoms with Gasteiger partial charge in [0.2, 0.25) is 0 Å². The van der Waals surface area contributed by atoms with Crippen molar-refractivity contribution in [2.45, 2.75) is 245 Å². The molecular formula is C61H100O6. The molecule has 0 spiro atoms. The number of ether oxygens (including phenoxy) is 3. The average molecular weight is 929 g/mol. The van der Waals surface area contributed by atoms with Crippen LogP contribution in [-0.2, 0) is 28.6 Å². The van der Waals surface area contributed by atoms with Crippen molar-refractivity contribution < 1.29 is 28.6 Å². The molecule has 1 atom stereocenters. The normalized spacial score (nSPS) is 12.9. The largest absolute Gasteiger partial charge is 0.462 e. The maximum Gasteiger partial charge on any atom is 0.306 e. The molecule has 380 valence electrons. The topological polar surface area (TPSA) is 78.9 Å². The Hall–Kier alpha value is -3.93. The van der Waals surface area contributed by atoms with E-state index in [9.17, 15) is 14.4 Å². The number of esters is 3. The van der Waals surface area contributed by atoms with Gasteiger partial charge in [0.1, 0.15) is 13.2 Å². The van der Waals surface area contributed by atoms with Crippen LogP contribution in [0.15, 0.2) is 109 Å². The van der Waals surface area contributed by atoms with Crippen LogP contribution in [0.2, 0.25) is 0 Å². The summed E-state index contributed by atoms with van der Waals surface area (Å²) in [5, 5.41) is 0. The van der Waals surface area contributed by atoms with Gasteiger partial charge in [-0.1, -0.05) is 226 Å². The Morgan fingerprint density at radius 2 is 0.597 bits per heavy atom. The molecule has 0 aliphatic rings. The second-order valence-electron chi connectivity index (χ2n) is 17.8. The summed E-state index contributed by atoms with van der Waals surface area (Å²) in [5.74, 6) is -1.00. The van der Waals surface area contributed by atoms with Gasteiger partial charge >= 0.3 is 17.9 Å². The van der Waals surface area contributed by atoms with E-state index in [-0.39, 0.29) is 37.5 Å². The van der Waals surface area contributed by atoms with Crippen molar-refractivity contribution in [1.29, 1.82) is 0 Å². The number of allylic oxidation sites excluding steroid dienone is 18. The van der Waals surface area contributed by atoms with Gasteiger partial charge in [-0.05, 0) is 103 Å². The molecule has 67 heavy (non-hydrogen) atoms. The monoisotopic (exact) mass is 929 g/mol. The molecule has 0 saturated heterocycles. The van der Waals surface area contributed by atoms with Crippen molar-refractivity contribution >= 4 is 17.9 Å². The summed E-state index contributed by atoms with van der Waals surface area (Å²) in [7, 11) is 0. The highest BCUT2D eigenvalue weighted by Crippen LogP contribution is 2.14. The van der Waals surface area contributed by atoms with Crippen molar-refractivity contribution in [3.05, 3.63) is 109 Å². The van der Waals surface area contributed by atoms with E-state index in [1.807, 2.05) is 0 Å². The molecule has 0 aromatic heterocycles. The molecule has 0 aromatic rings. The fraction of sp³-hybridized carbons (Fsp3) is 0.656. The molecule has 6 nitrogen and oxygen atoms in total. The minimum Gasteiger partial charge on any atom is -0.462 e. The van der Waals surface area contributed by atoms with Crippen LogP contribution in [0.3, 0.4) is 0 Å². The lowest BCUT2D eigenvalue weighted by Crippen LogP contribution is -2.30. The van der Waals surface area contributed by atoms with Crippen LogP contribution in [0.4, 0.5) is 0 Å². The summed E-state index contributed by atoms with van der Waals surface area (Å²) in [6.07, 6.45) is 73.6. The Bertz CT molecular complexity index is 1390. The minimum atomic E-state index is -0.821. The zero-order valence-electron chi connectivity index (χ0n) is 43.4. The molecule has 0 fully saturated rings. The molecule has 0 unspecified atom stereocenters. The molecule has 0 aliphatic carbocycles. The third kappa shape index (κ3) is 52.9. The van der Waals surface area contributed by atoms with E-state index in [0.29, 0.717) is 19.3 Å². The average Bonchev–Trinajstić information content (AvgIpc) is 3.33. The lowest BCUT2D eigenvalue weighted by molar-refractivity contribution is -0.167. The van der Waals surface area contributed by atoms with Crippen LogP contribution >= 0.6 is 0 Å². The number of carbonyl (C=O) groups is 3. The molecule has 0 saturated carbocycles. The molecule has 0 aromatic carbocycles. The summed E-state index contributed by atoms with van der Waals surface area (Å²) in [6, 6.07) is 0. The Balaban J connectivity index is 4.54. The van der Waals surface area contributed by atoms with Gasteiger partial charge in [0.05, 0.1) is 0 Å². The third-order valence-electron chi connectivity index (χ3n) is 11.3. The van der Waals surface area contributed by atoms with Gasteiger partial charge in [-0.2, -0.15) is 0 Å². The molecule has 0 radical (unpaired) electrons. The number of unbranched alkanes of at least 4 members (excludes halogenated alkanes) is 19. The minimum absolute atomic E-state index is 0.111. The van der Waals surface area contributed by atoms with Gasteiger partial charge in [0.15, 0.2) is 6.10 Å². The van der Waals surface area contributed by atoms with E-state index < -0.39 is 6.10 Å². The Morgan fingerprint density at radius 3 is 0.985 bits per heavy atom. The number of hydrogen-bond donors (Lipinski definition) is 0. The van der Waals surface area contributed by atoms with Crippen LogP contribution in [0.5, 0.6) is 0 Å². The third-order valence-corrected chi connectivity index (χ3v) is 11.3. The maximum atomic E-state index is 12.8. The van der Waals surface area contributed by atoms with E-state index in [2.05, 4.69) is 130 Å². The molecule has 6 heteroatoms. The van der Waals surface area contributed by atoms with Crippen molar-refractivity contribution in [2.24, 2.45) is 0 Å². The first-order valence-corrected chi connectivity index (χ1v) is 27.4. The van der Waals surface area contributed by atoms with E-state index in [1.165, 1.54) is 89.9 Å². The van der Waals surface area contributed by atoms with Crippen LogP contribution < -0.4 is 0 Å². The Labute approximate surface area is 412 Å². The summed E-state index contributed by atoms with van der Waals surface area (Å²) in [5.41, 5.74) is 0. The number of carbonyl (C=O) groups excluding carboxylic acids is 3. The van der Waals surface area contributed by atoms with E-state index in [1.54, 1.807) is 0 Å². The van der Waals surface area contributed by atoms with E-state index in [4.69, 9.17) is 14.2 Å². The lowest BCUT2D eigenvalue weighted by Gasteiger charge is -2.18. The molecule has 0 aliphatic heterocycles. The van der Waals surface area contributed by atoms with Gasteiger partial charge in [0.25, 0.3) is 0 Å². The molecule has 0 N–H and O–H groups in total. The maximum absolute atomic E-state index is 12.8. The van der Waals surface area contributed by atoms with Gasteiger partial charge in [-0.15, -0.1) is 0 Å². The fourth-order valence-electron chi connectivity index (χ4n) is 7.17. The molecule has 0 bridgehead atoms. The second kappa shape index (κ2) is 54.7. The first-order chi connectivity index (χ1) is 33.0. The smallest absolute Gasteiger partial charge is 0.306 e. The van der Waals surface area contributed by atoms with Gasteiger partial charge < -0.3 is 14.2 Å².